The molecular formula is C11H10ClN5. The summed E-state index contributed by atoms with van der Waals surface area (Å²) >= 11 is 5.92. The molecule has 2 aromatic rings. The molecule has 0 saturated heterocycles. The van der Waals surface area contributed by atoms with E-state index in [9.17, 15) is 0 Å². The molecule has 1 heterocycles. The molecule has 0 radical (unpaired) electrons. The third kappa shape index (κ3) is 2.32. The number of nitriles is 1. The fourth-order valence-electron chi connectivity index (χ4n) is 1.44. The molecule has 0 aliphatic carbocycles. The van der Waals surface area contributed by atoms with Gasteiger partial charge in [0, 0.05) is 12.1 Å². The van der Waals surface area contributed by atoms with Crippen molar-refractivity contribution in [1.29, 1.82) is 5.26 Å². The fourth-order valence-corrected chi connectivity index (χ4v) is 1.65. The van der Waals surface area contributed by atoms with Crippen molar-refractivity contribution in [3.63, 3.8) is 0 Å². The highest BCUT2D eigenvalue weighted by Crippen LogP contribution is 2.24. The van der Waals surface area contributed by atoms with Crippen molar-refractivity contribution in [2.45, 2.75) is 6.54 Å². The van der Waals surface area contributed by atoms with Crippen LogP contribution in [0.5, 0.6) is 0 Å². The van der Waals surface area contributed by atoms with E-state index >= 15 is 0 Å². The normalized spacial score (nSPS) is 9.88. The quantitative estimate of drug-likeness (QED) is 0.775. The van der Waals surface area contributed by atoms with E-state index in [1.165, 1.54) is 0 Å². The van der Waals surface area contributed by atoms with Crippen LogP contribution < -0.4 is 11.1 Å². The Morgan fingerprint density at radius 2 is 2.35 bits per heavy atom. The smallest absolute Gasteiger partial charge is 0.123 e. The Bertz CT molecular complexity index is 569. The summed E-state index contributed by atoms with van der Waals surface area (Å²) in [5, 5.41) is 19.0. The largest absolute Gasteiger partial charge is 0.384 e. The van der Waals surface area contributed by atoms with Crippen molar-refractivity contribution in [2.75, 3.05) is 11.1 Å². The van der Waals surface area contributed by atoms with Crippen LogP contribution in [0, 0.1) is 11.3 Å². The molecule has 0 bridgehead atoms. The van der Waals surface area contributed by atoms with Crippen LogP contribution in [-0.4, -0.2) is 10.2 Å². The second kappa shape index (κ2) is 4.76. The molecule has 17 heavy (non-hydrogen) atoms. The molecule has 2 rings (SSSR count). The van der Waals surface area contributed by atoms with Gasteiger partial charge in [-0.05, 0) is 12.1 Å². The van der Waals surface area contributed by atoms with E-state index in [1.807, 2.05) is 0 Å². The number of nitrogens with zero attached hydrogens (tertiary/aromatic N) is 2. The molecule has 4 N–H and O–H groups in total. The molecule has 86 valence electrons. The highest BCUT2D eigenvalue weighted by molar-refractivity contribution is 6.32. The maximum absolute atomic E-state index is 8.99. The van der Waals surface area contributed by atoms with E-state index in [0.29, 0.717) is 28.6 Å². The number of rotatable bonds is 3. The second-order valence-electron chi connectivity index (χ2n) is 3.44. The summed E-state index contributed by atoms with van der Waals surface area (Å²) in [7, 11) is 0. The van der Waals surface area contributed by atoms with Gasteiger partial charge in [0.25, 0.3) is 0 Å². The minimum atomic E-state index is 0.427. The Labute approximate surface area is 103 Å². The van der Waals surface area contributed by atoms with Crippen LogP contribution in [0.25, 0.3) is 0 Å². The second-order valence-corrected chi connectivity index (χ2v) is 3.84. The highest BCUT2D eigenvalue weighted by Gasteiger charge is 2.07. The lowest BCUT2D eigenvalue weighted by atomic mass is 10.2. The molecule has 5 nitrogen and oxygen atoms in total. The molecule has 0 amide bonds. The summed E-state index contributed by atoms with van der Waals surface area (Å²) in [6.07, 6.45) is 1.64. The Balaban J connectivity index is 2.18. The van der Waals surface area contributed by atoms with Crippen molar-refractivity contribution in [3.8, 4) is 6.07 Å². The molecule has 0 saturated carbocycles. The van der Waals surface area contributed by atoms with Gasteiger partial charge in [-0.1, -0.05) is 17.7 Å². The first kappa shape index (κ1) is 11.3. The van der Waals surface area contributed by atoms with E-state index in [-0.39, 0.29) is 0 Å². The lowest BCUT2D eigenvalue weighted by Gasteiger charge is -2.08. The minimum Gasteiger partial charge on any atom is -0.384 e. The summed E-state index contributed by atoms with van der Waals surface area (Å²) in [4.78, 5) is 0. The molecular weight excluding hydrogens is 238 g/mol. The topological polar surface area (TPSA) is 90.5 Å². The maximum atomic E-state index is 8.99. The highest BCUT2D eigenvalue weighted by atomic mass is 35.5. The van der Waals surface area contributed by atoms with Gasteiger partial charge < -0.3 is 11.1 Å². The average Bonchev–Trinajstić information content (AvgIpc) is 2.72. The zero-order valence-electron chi connectivity index (χ0n) is 8.87. The Morgan fingerprint density at radius 3 is 3.00 bits per heavy atom. The van der Waals surface area contributed by atoms with Gasteiger partial charge in [0.2, 0.25) is 0 Å². The van der Waals surface area contributed by atoms with E-state index in [4.69, 9.17) is 22.6 Å². The zero-order chi connectivity index (χ0) is 12.3. The van der Waals surface area contributed by atoms with Crippen LogP contribution in [0.1, 0.15) is 11.1 Å². The molecule has 6 heteroatoms. The number of benzene rings is 1. The minimum absolute atomic E-state index is 0.427. The number of nitrogen functional groups attached to an aromatic ring is 1. The summed E-state index contributed by atoms with van der Waals surface area (Å²) in [6.45, 7) is 0.483. The number of nitrogens with two attached hydrogens (primary N) is 1. The maximum Gasteiger partial charge on any atom is 0.123 e. The summed E-state index contributed by atoms with van der Waals surface area (Å²) < 4.78 is 0. The number of aromatic nitrogens is 2. The first-order chi connectivity index (χ1) is 8.22. The number of hydrogen-bond acceptors (Lipinski definition) is 4. The average molecular weight is 248 g/mol. The molecule has 1 aromatic carbocycles. The molecule has 1 aromatic heterocycles. The van der Waals surface area contributed by atoms with Gasteiger partial charge in [-0.3, -0.25) is 5.10 Å². The lowest BCUT2D eigenvalue weighted by Crippen LogP contribution is -2.03. The molecule has 0 aliphatic rings. The van der Waals surface area contributed by atoms with E-state index in [1.54, 1.807) is 24.4 Å². The van der Waals surface area contributed by atoms with E-state index in [0.717, 1.165) is 5.56 Å². The van der Waals surface area contributed by atoms with Crippen LogP contribution in [0.15, 0.2) is 24.4 Å². The SMILES string of the molecule is N#Cc1c(Cl)cccc1NCc1cn[nH]c1N. The zero-order valence-corrected chi connectivity index (χ0v) is 9.62. The van der Waals surface area contributed by atoms with Crippen molar-refractivity contribution in [1.82, 2.24) is 10.2 Å². The number of halogens is 1. The number of nitrogens with one attached hydrogen (secondary N) is 2. The molecule has 0 spiro atoms. The van der Waals surface area contributed by atoms with Crippen molar-refractivity contribution in [3.05, 3.63) is 40.5 Å². The van der Waals surface area contributed by atoms with Gasteiger partial charge >= 0.3 is 0 Å². The molecule has 0 aliphatic heterocycles. The summed E-state index contributed by atoms with van der Waals surface area (Å²) in [5.74, 6) is 0.512. The van der Waals surface area contributed by atoms with Gasteiger partial charge in [0.1, 0.15) is 11.9 Å². The standard InChI is InChI=1S/C11H10ClN5/c12-9-2-1-3-10(8(9)4-13)15-5-7-6-16-17-11(7)14/h1-3,6,15H,5H2,(H3,14,16,17). The number of anilines is 2. The summed E-state index contributed by atoms with van der Waals surface area (Å²) in [5.41, 5.74) is 7.61. The van der Waals surface area contributed by atoms with Crippen LogP contribution in [0.2, 0.25) is 5.02 Å². The monoisotopic (exact) mass is 247 g/mol. The molecule has 0 atom stereocenters. The van der Waals surface area contributed by atoms with Crippen LogP contribution in [0.4, 0.5) is 11.5 Å². The van der Waals surface area contributed by atoms with Gasteiger partial charge in [0.15, 0.2) is 0 Å². The van der Waals surface area contributed by atoms with Crippen LogP contribution in [0.3, 0.4) is 0 Å². The number of aromatic amines is 1. The van der Waals surface area contributed by atoms with Crippen molar-refractivity contribution in [2.24, 2.45) is 0 Å². The molecule has 0 fully saturated rings. The number of H-pyrrole nitrogens is 1. The lowest BCUT2D eigenvalue weighted by molar-refractivity contribution is 1.10. The Morgan fingerprint density at radius 1 is 1.53 bits per heavy atom. The van der Waals surface area contributed by atoms with Crippen LogP contribution in [-0.2, 0) is 6.54 Å². The Kier molecular flexibility index (Phi) is 3.17. The van der Waals surface area contributed by atoms with Gasteiger partial charge in [0.05, 0.1) is 22.5 Å². The first-order valence-electron chi connectivity index (χ1n) is 4.92. The predicted molar refractivity (Wildman–Crippen MR) is 66.5 cm³/mol. The summed E-state index contributed by atoms with van der Waals surface area (Å²) in [6, 6.07) is 7.31. The van der Waals surface area contributed by atoms with E-state index in [2.05, 4.69) is 21.6 Å². The predicted octanol–water partition coefficient (Wildman–Crippen LogP) is 2.13. The molecule has 0 unspecified atom stereocenters. The van der Waals surface area contributed by atoms with Crippen molar-refractivity contribution >= 4 is 23.1 Å². The van der Waals surface area contributed by atoms with Gasteiger partial charge in [-0.2, -0.15) is 10.4 Å². The Hall–Kier alpha value is -2.19. The van der Waals surface area contributed by atoms with Crippen molar-refractivity contribution < 1.29 is 0 Å². The van der Waals surface area contributed by atoms with E-state index < -0.39 is 0 Å². The third-order valence-electron chi connectivity index (χ3n) is 2.35. The van der Waals surface area contributed by atoms with Crippen LogP contribution >= 0.6 is 11.6 Å². The van der Waals surface area contributed by atoms with Gasteiger partial charge in [-0.25, -0.2) is 0 Å². The first-order valence-corrected chi connectivity index (χ1v) is 5.30. The van der Waals surface area contributed by atoms with Gasteiger partial charge in [-0.15, -0.1) is 0 Å². The fraction of sp³-hybridized carbons (Fsp3) is 0.0909. The number of hydrogen-bond donors (Lipinski definition) is 3. The third-order valence-corrected chi connectivity index (χ3v) is 2.66.